The SMILES string of the molecule is CCOC(=O)C(N=O)c1csc(NC=O)n1. The van der Waals surface area contributed by atoms with Gasteiger partial charge in [-0.05, 0) is 12.1 Å². The Kier molecular flexibility index (Phi) is 4.52. The number of aromatic nitrogens is 1. The van der Waals surface area contributed by atoms with Crippen LogP contribution in [-0.4, -0.2) is 24.0 Å². The van der Waals surface area contributed by atoms with E-state index in [1.165, 1.54) is 5.38 Å². The maximum Gasteiger partial charge on any atom is 0.340 e. The van der Waals surface area contributed by atoms with Gasteiger partial charge in [-0.2, -0.15) is 0 Å². The molecule has 7 nitrogen and oxygen atoms in total. The predicted octanol–water partition coefficient (Wildman–Crippen LogP) is 1.08. The lowest BCUT2D eigenvalue weighted by Crippen LogP contribution is -2.14. The maximum absolute atomic E-state index is 11.3. The van der Waals surface area contributed by atoms with Gasteiger partial charge in [-0.15, -0.1) is 16.2 Å². The smallest absolute Gasteiger partial charge is 0.340 e. The lowest BCUT2D eigenvalue weighted by Gasteiger charge is -2.04. The van der Waals surface area contributed by atoms with E-state index in [9.17, 15) is 14.5 Å². The van der Waals surface area contributed by atoms with Crippen molar-refractivity contribution in [2.45, 2.75) is 13.0 Å². The van der Waals surface area contributed by atoms with Crippen LogP contribution < -0.4 is 5.32 Å². The van der Waals surface area contributed by atoms with Gasteiger partial charge in [-0.3, -0.25) is 4.79 Å². The van der Waals surface area contributed by atoms with Crippen LogP contribution in [0, 0.1) is 4.91 Å². The number of rotatable bonds is 6. The molecule has 16 heavy (non-hydrogen) atoms. The normalized spacial score (nSPS) is 11.6. The number of carbonyl (C=O) groups is 2. The standard InChI is InChI=1S/C8H9N3O4S/c1-2-15-7(13)6(11-14)5-3-16-8(10-5)9-4-12/h3-4,6H,2H2,1H3,(H,9,10,12). The van der Waals surface area contributed by atoms with E-state index in [-0.39, 0.29) is 12.3 Å². The van der Waals surface area contributed by atoms with E-state index in [4.69, 9.17) is 0 Å². The van der Waals surface area contributed by atoms with Gasteiger partial charge >= 0.3 is 5.97 Å². The third-order valence-electron chi connectivity index (χ3n) is 1.60. The zero-order chi connectivity index (χ0) is 12.0. The molecule has 1 unspecified atom stereocenters. The van der Waals surface area contributed by atoms with Crippen LogP contribution in [0.1, 0.15) is 18.7 Å². The molecule has 0 fully saturated rings. The van der Waals surface area contributed by atoms with Crippen molar-refractivity contribution in [3.05, 3.63) is 16.0 Å². The highest BCUT2D eigenvalue weighted by Gasteiger charge is 2.25. The Hall–Kier alpha value is -1.83. The van der Waals surface area contributed by atoms with Crippen LogP contribution in [0.25, 0.3) is 0 Å². The van der Waals surface area contributed by atoms with Gasteiger partial charge in [0.05, 0.1) is 12.3 Å². The minimum atomic E-state index is -1.28. The number of anilines is 1. The van der Waals surface area contributed by atoms with Crippen LogP contribution in [0.2, 0.25) is 0 Å². The summed E-state index contributed by atoms with van der Waals surface area (Å²) in [4.78, 5) is 35.8. The van der Waals surface area contributed by atoms with Crippen molar-refractivity contribution in [2.75, 3.05) is 11.9 Å². The maximum atomic E-state index is 11.3. The molecule has 1 N–H and O–H groups in total. The van der Waals surface area contributed by atoms with Gasteiger partial charge in [0, 0.05) is 5.38 Å². The van der Waals surface area contributed by atoms with Gasteiger partial charge in [0.25, 0.3) is 0 Å². The lowest BCUT2D eigenvalue weighted by atomic mass is 10.2. The zero-order valence-electron chi connectivity index (χ0n) is 8.37. The molecule has 86 valence electrons. The Morgan fingerprint density at radius 2 is 2.56 bits per heavy atom. The summed E-state index contributed by atoms with van der Waals surface area (Å²) >= 11 is 1.09. The van der Waals surface area contributed by atoms with Gasteiger partial charge in [0.1, 0.15) is 0 Å². The number of nitrogens with zero attached hydrogens (tertiary/aromatic N) is 2. The highest BCUT2D eigenvalue weighted by Crippen LogP contribution is 2.23. The number of carbonyl (C=O) groups excluding carboxylic acids is 2. The largest absolute Gasteiger partial charge is 0.464 e. The van der Waals surface area contributed by atoms with Gasteiger partial charge in [-0.1, -0.05) is 0 Å². The molecule has 0 aromatic carbocycles. The molecule has 1 heterocycles. The van der Waals surface area contributed by atoms with E-state index in [1.807, 2.05) is 0 Å². The molecule has 0 bridgehead atoms. The van der Waals surface area contributed by atoms with Crippen molar-refractivity contribution >= 4 is 28.8 Å². The Bertz CT molecular complexity index is 392. The Morgan fingerprint density at radius 1 is 1.81 bits per heavy atom. The molecule has 0 aliphatic carbocycles. The minimum Gasteiger partial charge on any atom is -0.464 e. The number of ether oxygens (including phenoxy) is 1. The number of nitroso groups, excluding NO2 is 1. The van der Waals surface area contributed by atoms with E-state index in [0.717, 1.165) is 11.3 Å². The van der Waals surface area contributed by atoms with Crippen LogP contribution in [0.5, 0.6) is 0 Å². The lowest BCUT2D eigenvalue weighted by molar-refractivity contribution is -0.144. The molecule has 1 rings (SSSR count). The Morgan fingerprint density at radius 3 is 3.12 bits per heavy atom. The van der Waals surface area contributed by atoms with Gasteiger partial charge in [0.15, 0.2) is 5.13 Å². The monoisotopic (exact) mass is 243 g/mol. The van der Waals surface area contributed by atoms with Crippen molar-refractivity contribution in [2.24, 2.45) is 5.18 Å². The summed E-state index contributed by atoms with van der Waals surface area (Å²) < 4.78 is 4.66. The summed E-state index contributed by atoms with van der Waals surface area (Å²) in [6.45, 7) is 1.79. The third-order valence-corrected chi connectivity index (χ3v) is 2.39. The molecule has 0 radical (unpaired) electrons. The molecule has 1 aromatic heterocycles. The van der Waals surface area contributed by atoms with E-state index in [0.29, 0.717) is 11.5 Å². The summed E-state index contributed by atoms with van der Waals surface area (Å²) in [6.07, 6.45) is 0.455. The van der Waals surface area contributed by atoms with Gasteiger partial charge < -0.3 is 10.1 Å². The fourth-order valence-corrected chi connectivity index (χ4v) is 1.66. The zero-order valence-corrected chi connectivity index (χ0v) is 9.19. The fraction of sp³-hybridized carbons (Fsp3) is 0.375. The number of nitrogens with one attached hydrogen (secondary N) is 1. The van der Waals surface area contributed by atoms with Crippen molar-refractivity contribution < 1.29 is 14.3 Å². The molecule has 0 spiro atoms. The van der Waals surface area contributed by atoms with Crippen molar-refractivity contribution in [3.8, 4) is 0 Å². The first-order chi connectivity index (χ1) is 7.72. The van der Waals surface area contributed by atoms with E-state index in [2.05, 4.69) is 20.2 Å². The predicted molar refractivity (Wildman–Crippen MR) is 57.0 cm³/mol. The number of esters is 1. The summed E-state index contributed by atoms with van der Waals surface area (Å²) in [5.74, 6) is -0.750. The summed E-state index contributed by atoms with van der Waals surface area (Å²) in [5.41, 5.74) is 0.169. The number of hydrogen-bond acceptors (Lipinski definition) is 7. The van der Waals surface area contributed by atoms with E-state index < -0.39 is 12.0 Å². The van der Waals surface area contributed by atoms with Gasteiger partial charge in [-0.25, -0.2) is 9.78 Å². The Balaban J connectivity index is 2.82. The number of thiazole rings is 1. The third kappa shape index (κ3) is 2.83. The van der Waals surface area contributed by atoms with E-state index in [1.54, 1.807) is 6.92 Å². The first-order valence-corrected chi connectivity index (χ1v) is 5.25. The Labute approximate surface area is 94.8 Å². The summed E-state index contributed by atoms with van der Waals surface area (Å²) in [6, 6.07) is -1.28. The second-order valence-electron chi connectivity index (χ2n) is 2.60. The van der Waals surface area contributed by atoms with Crippen LogP contribution >= 0.6 is 11.3 Å². The number of amides is 1. The highest BCUT2D eigenvalue weighted by atomic mass is 32.1. The average Bonchev–Trinajstić information content (AvgIpc) is 2.68. The molecule has 0 aliphatic rings. The van der Waals surface area contributed by atoms with Crippen molar-refractivity contribution in [1.29, 1.82) is 0 Å². The van der Waals surface area contributed by atoms with Gasteiger partial charge in [0.2, 0.25) is 12.5 Å². The average molecular weight is 243 g/mol. The van der Waals surface area contributed by atoms with Crippen LogP contribution in [0.15, 0.2) is 10.6 Å². The second kappa shape index (κ2) is 5.91. The topological polar surface area (TPSA) is 97.7 Å². The quantitative estimate of drug-likeness (QED) is 0.458. The molecule has 0 saturated carbocycles. The molecule has 1 aromatic rings. The van der Waals surface area contributed by atoms with Crippen molar-refractivity contribution in [1.82, 2.24) is 4.98 Å². The molecule has 1 atom stereocenters. The molecule has 1 amide bonds. The van der Waals surface area contributed by atoms with Crippen LogP contribution in [0.4, 0.5) is 5.13 Å². The first kappa shape index (κ1) is 12.2. The van der Waals surface area contributed by atoms with E-state index >= 15 is 0 Å². The second-order valence-corrected chi connectivity index (χ2v) is 3.46. The van der Waals surface area contributed by atoms with Crippen LogP contribution in [0.3, 0.4) is 0 Å². The first-order valence-electron chi connectivity index (χ1n) is 4.37. The molecular weight excluding hydrogens is 234 g/mol. The van der Waals surface area contributed by atoms with Crippen LogP contribution in [-0.2, 0) is 14.3 Å². The minimum absolute atomic E-state index is 0.161. The van der Waals surface area contributed by atoms with Crippen molar-refractivity contribution in [3.63, 3.8) is 0 Å². The molecule has 0 saturated heterocycles. The highest BCUT2D eigenvalue weighted by molar-refractivity contribution is 7.13. The molecule has 0 aliphatic heterocycles. The summed E-state index contributed by atoms with van der Waals surface area (Å²) in [7, 11) is 0. The number of hydrogen-bond donors (Lipinski definition) is 1. The fourth-order valence-electron chi connectivity index (χ4n) is 0.967. The molecule has 8 heteroatoms. The summed E-state index contributed by atoms with van der Waals surface area (Å²) in [5, 5.41) is 6.72. The molecular formula is C8H9N3O4S.